The zero-order valence-corrected chi connectivity index (χ0v) is 16.6. The van der Waals surface area contributed by atoms with Crippen LogP contribution in [0.4, 0.5) is 0 Å². The molecular weight excluding hydrogens is 378 g/mol. The maximum Gasteiger partial charge on any atom is 0.399 e. The Bertz CT molecular complexity index is 1000. The van der Waals surface area contributed by atoms with Crippen molar-refractivity contribution < 1.29 is 33.3 Å². The van der Waals surface area contributed by atoms with E-state index in [1.165, 1.54) is 26.2 Å². The fourth-order valence-electron chi connectivity index (χ4n) is 4.04. The number of hydrogen-bond donors (Lipinski definition) is 0. The van der Waals surface area contributed by atoms with Gasteiger partial charge in [0.15, 0.2) is 23.0 Å². The lowest BCUT2D eigenvalue weighted by molar-refractivity contribution is -0.152. The van der Waals surface area contributed by atoms with Gasteiger partial charge >= 0.3 is 11.9 Å². The van der Waals surface area contributed by atoms with Gasteiger partial charge in [0, 0.05) is 17.7 Å². The number of esters is 1. The first-order chi connectivity index (χ1) is 14.0. The summed E-state index contributed by atoms with van der Waals surface area (Å²) in [5, 5.41) is 0. The van der Waals surface area contributed by atoms with Crippen LogP contribution >= 0.6 is 0 Å². The van der Waals surface area contributed by atoms with Crippen LogP contribution in [0.2, 0.25) is 0 Å². The summed E-state index contributed by atoms with van der Waals surface area (Å²) in [6.07, 6.45) is 0.549. The highest BCUT2D eigenvalue weighted by Crippen LogP contribution is 2.49. The summed E-state index contributed by atoms with van der Waals surface area (Å²) in [6.45, 7) is 0.321. The average molecular weight is 399 g/mol. The maximum atomic E-state index is 12.6. The van der Waals surface area contributed by atoms with Gasteiger partial charge in [-0.15, -0.1) is 0 Å². The van der Waals surface area contributed by atoms with Gasteiger partial charge in [-0.2, -0.15) is 0 Å². The first-order valence-corrected chi connectivity index (χ1v) is 9.03. The smallest absolute Gasteiger partial charge is 0.399 e. The summed E-state index contributed by atoms with van der Waals surface area (Å²) < 4.78 is 27.4. The highest BCUT2D eigenvalue weighted by molar-refractivity contribution is 6.34. The molecule has 8 nitrogen and oxygen atoms in total. The number of hydrogen-bond acceptors (Lipinski definition) is 7. The first-order valence-electron chi connectivity index (χ1n) is 9.03. The molecule has 1 fully saturated rings. The Kier molecular flexibility index (Phi) is 4.49. The summed E-state index contributed by atoms with van der Waals surface area (Å²) in [5.41, 5.74) is 0.701. The normalized spacial score (nSPS) is 19.9. The van der Waals surface area contributed by atoms with Crippen molar-refractivity contribution in [1.29, 1.82) is 0 Å². The van der Waals surface area contributed by atoms with E-state index in [0.29, 0.717) is 47.1 Å². The molecule has 2 aromatic rings. The second-order valence-electron chi connectivity index (χ2n) is 6.67. The Balaban J connectivity index is 2.00. The molecule has 2 aliphatic rings. The topological polar surface area (TPSA) is 83.5 Å². The van der Waals surface area contributed by atoms with Gasteiger partial charge in [-0.05, 0) is 42.3 Å². The van der Waals surface area contributed by atoms with Crippen molar-refractivity contribution in [2.45, 2.75) is 12.1 Å². The standard InChI is InChI=1S/C21H21NO7/c1-25-15-6-5-13(10-17(15)27-3)21-14-11-18(28-4)16(26-2)9-12(14)7-8-22(21)19(23)20(24)29-21/h5-6,9-11H,7-8H2,1-4H3. The Hall–Kier alpha value is -3.42. The Morgan fingerprint density at radius 3 is 2.14 bits per heavy atom. The van der Waals surface area contributed by atoms with Crippen molar-refractivity contribution >= 4 is 11.9 Å². The van der Waals surface area contributed by atoms with Gasteiger partial charge in [-0.1, -0.05) is 0 Å². The lowest BCUT2D eigenvalue weighted by Crippen LogP contribution is -2.49. The minimum absolute atomic E-state index is 0.321. The zero-order valence-electron chi connectivity index (χ0n) is 16.6. The van der Waals surface area contributed by atoms with E-state index in [9.17, 15) is 9.59 Å². The van der Waals surface area contributed by atoms with Crippen LogP contribution < -0.4 is 18.9 Å². The van der Waals surface area contributed by atoms with Crippen molar-refractivity contribution in [2.24, 2.45) is 0 Å². The molecule has 1 saturated heterocycles. The molecule has 0 aromatic heterocycles. The van der Waals surface area contributed by atoms with E-state index < -0.39 is 17.6 Å². The van der Waals surface area contributed by atoms with Gasteiger partial charge in [-0.3, -0.25) is 9.69 Å². The molecule has 152 valence electrons. The monoisotopic (exact) mass is 399 g/mol. The number of carbonyl (C=O) groups is 2. The van der Waals surface area contributed by atoms with Crippen LogP contribution in [0.5, 0.6) is 23.0 Å². The van der Waals surface area contributed by atoms with Gasteiger partial charge in [0.2, 0.25) is 5.72 Å². The lowest BCUT2D eigenvalue weighted by atomic mass is 9.84. The number of amides is 1. The molecule has 29 heavy (non-hydrogen) atoms. The summed E-state index contributed by atoms with van der Waals surface area (Å²) in [4.78, 5) is 26.4. The van der Waals surface area contributed by atoms with E-state index >= 15 is 0 Å². The predicted octanol–water partition coefficient (Wildman–Crippen LogP) is 1.86. The SMILES string of the molecule is COc1ccc(C23OC(=O)C(=O)N2CCc2cc(OC)c(OC)cc23)cc1OC. The van der Waals surface area contributed by atoms with Crippen LogP contribution in [0.3, 0.4) is 0 Å². The lowest BCUT2D eigenvalue weighted by Gasteiger charge is -2.41. The second kappa shape index (κ2) is 6.88. The molecule has 0 N–H and O–H groups in total. The number of methoxy groups -OCH3 is 4. The van der Waals surface area contributed by atoms with E-state index in [-0.39, 0.29) is 0 Å². The molecule has 1 unspecified atom stereocenters. The molecule has 0 saturated carbocycles. The Morgan fingerprint density at radius 2 is 1.48 bits per heavy atom. The molecular formula is C21H21NO7. The van der Waals surface area contributed by atoms with Crippen LogP contribution in [0.25, 0.3) is 0 Å². The van der Waals surface area contributed by atoms with Crippen molar-refractivity contribution in [2.75, 3.05) is 35.0 Å². The second-order valence-corrected chi connectivity index (χ2v) is 6.67. The molecule has 0 spiro atoms. The Morgan fingerprint density at radius 1 is 0.862 bits per heavy atom. The Labute approximate surface area is 167 Å². The van der Waals surface area contributed by atoms with E-state index in [2.05, 4.69) is 0 Å². The average Bonchev–Trinajstić information content (AvgIpc) is 3.03. The minimum Gasteiger partial charge on any atom is -0.493 e. The zero-order chi connectivity index (χ0) is 20.8. The number of ether oxygens (including phenoxy) is 5. The van der Waals surface area contributed by atoms with Gasteiger partial charge in [0.05, 0.1) is 28.4 Å². The van der Waals surface area contributed by atoms with Crippen molar-refractivity contribution in [3.63, 3.8) is 0 Å². The van der Waals surface area contributed by atoms with Crippen LogP contribution in [-0.4, -0.2) is 51.8 Å². The van der Waals surface area contributed by atoms with E-state index in [0.717, 1.165) is 5.56 Å². The fraction of sp³-hybridized carbons (Fsp3) is 0.333. The number of rotatable bonds is 5. The largest absolute Gasteiger partial charge is 0.493 e. The third kappa shape index (κ3) is 2.59. The van der Waals surface area contributed by atoms with Crippen molar-refractivity contribution in [3.05, 3.63) is 47.0 Å². The number of nitrogens with zero attached hydrogens (tertiary/aromatic N) is 1. The quantitative estimate of drug-likeness (QED) is 0.561. The van der Waals surface area contributed by atoms with Gasteiger partial charge in [-0.25, -0.2) is 4.79 Å². The minimum atomic E-state index is -1.42. The van der Waals surface area contributed by atoms with Crippen LogP contribution in [0.15, 0.2) is 30.3 Å². The molecule has 8 heteroatoms. The molecule has 2 heterocycles. The molecule has 1 amide bonds. The van der Waals surface area contributed by atoms with Crippen molar-refractivity contribution in [3.8, 4) is 23.0 Å². The van der Waals surface area contributed by atoms with Crippen LogP contribution in [0, 0.1) is 0 Å². The van der Waals surface area contributed by atoms with E-state index in [1.54, 1.807) is 31.4 Å². The first kappa shape index (κ1) is 18.9. The van der Waals surface area contributed by atoms with E-state index in [4.69, 9.17) is 23.7 Å². The van der Waals surface area contributed by atoms with Crippen LogP contribution in [-0.2, 0) is 26.5 Å². The third-order valence-corrected chi connectivity index (χ3v) is 5.39. The van der Waals surface area contributed by atoms with Crippen molar-refractivity contribution in [1.82, 2.24) is 4.90 Å². The van der Waals surface area contributed by atoms with Gasteiger partial charge in [0.1, 0.15) is 0 Å². The number of carbonyl (C=O) groups excluding carboxylic acids is 2. The van der Waals surface area contributed by atoms with Crippen LogP contribution in [0.1, 0.15) is 16.7 Å². The maximum absolute atomic E-state index is 12.6. The molecule has 0 bridgehead atoms. The molecule has 0 radical (unpaired) electrons. The summed E-state index contributed by atoms with van der Waals surface area (Å²) in [5.74, 6) is 0.448. The summed E-state index contributed by atoms with van der Waals surface area (Å²) >= 11 is 0. The molecule has 2 aromatic carbocycles. The molecule has 2 aliphatic heterocycles. The summed E-state index contributed by atoms with van der Waals surface area (Å²) in [6, 6.07) is 8.79. The highest BCUT2D eigenvalue weighted by atomic mass is 16.6. The van der Waals surface area contributed by atoms with E-state index in [1.807, 2.05) is 6.07 Å². The molecule has 4 rings (SSSR count). The molecule has 1 atom stereocenters. The highest BCUT2D eigenvalue weighted by Gasteiger charge is 2.58. The van der Waals surface area contributed by atoms with Gasteiger partial charge < -0.3 is 23.7 Å². The molecule has 0 aliphatic carbocycles. The number of benzene rings is 2. The fourth-order valence-corrected chi connectivity index (χ4v) is 4.04. The summed E-state index contributed by atoms with van der Waals surface area (Å²) in [7, 11) is 6.14. The predicted molar refractivity (Wildman–Crippen MR) is 101 cm³/mol. The van der Waals surface area contributed by atoms with Gasteiger partial charge in [0.25, 0.3) is 0 Å². The third-order valence-electron chi connectivity index (χ3n) is 5.39. The number of fused-ring (bicyclic) bond motifs is 3.